The van der Waals surface area contributed by atoms with Gasteiger partial charge in [0.05, 0.1) is 19.7 Å². The molecule has 2 unspecified atom stereocenters. The fraction of sp³-hybridized carbons (Fsp3) is 0.429. The van der Waals surface area contributed by atoms with Crippen molar-refractivity contribution in [3.05, 3.63) is 35.9 Å². The van der Waals surface area contributed by atoms with E-state index in [1.54, 1.807) is 0 Å². The average Bonchev–Trinajstić information content (AvgIpc) is 2.99. The molecular formula is C14H20N6O2. The Bertz CT molecular complexity index is 600. The van der Waals surface area contributed by atoms with E-state index in [-0.39, 0.29) is 6.04 Å². The smallest absolute Gasteiger partial charge is 0.324 e. The monoisotopic (exact) mass is 304 g/mol. The molecule has 0 aliphatic carbocycles. The van der Waals surface area contributed by atoms with E-state index < -0.39 is 12.0 Å². The Labute approximate surface area is 128 Å². The van der Waals surface area contributed by atoms with E-state index in [2.05, 4.69) is 25.5 Å². The molecule has 3 N–H and O–H groups in total. The number of benzene rings is 1. The van der Waals surface area contributed by atoms with Crippen molar-refractivity contribution in [2.45, 2.75) is 32.0 Å². The summed E-state index contributed by atoms with van der Waals surface area (Å²) < 4.78 is 4.65. The number of tetrazole rings is 1. The Morgan fingerprint density at radius 1 is 1.41 bits per heavy atom. The van der Waals surface area contributed by atoms with E-state index in [1.165, 1.54) is 11.9 Å². The molecule has 0 aliphatic rings. The summed E-state index contributed by atoms with van der Waals surface area (Å²) in [6.07, 6.45) is 0.628. The summed E-state index contributed by atoms with van der Waals surface area (Å²) in [5.74, 6) is -0.141. The summed E-state index contributed by atoms with van der Waals surface area (Å²) in [4.78, 5) is 13.0. The van der Waals surface area contributed by atoms with E-state index in [9.17, 15) is 4.79 Å². The summed E-state index contributed by atoms with van der Waals surface area (Å²) in [5, 5.41) is 15.2. The van der Waals surface area contributed by atoms with Crippen molar-refractivity contribution in [2.75, 3.05) is 12.4 Å². The molecule has 0 saturated heterocycles. The highest BCUT2D eigenvalue weighted by Crippen LogP contribution is 2.07. The molecule has 2 rings (SSSR count). The van der Waals surface area contributed by atoms with Crippen LogP contribution in [-0.2, 0) is 16.1 Å². The third kappa shape index (κ3) is 4.01. The lowest BCUT2D eigenvalue weighted by Crippen LogP contribution is -2.46. The molecule has 0 fully saturated rings. The second-order valence-electron chi connectivity index (χ2n) is 4.84. The van der Waals surface area contributed by atoms with Gasteiger partial charge in [0, 0.05) is 0 Å². The zero-order valence-electron chi connectivity index (χ0n) is 12.6. The summed E-state index contributed by atoms with van der Waals surface area (Å²) in [6.45, 7) is 2.43. The highest BCUT2D eigenvalue weighted by atomic mass is 16.5. The number of nitrogens with two attached hydrogens (primary N) is 1. The quantitative estimate of drug-likeness (QED) is 0.713. The Balaban J connectivity index is 2.00. The number of anilines is 1. The minimum absolute atomic E-state index is 0.318. The van der Waals surface area contributed by atoms with E-state index >= 15 is 0 Å². The fourth-order valence-electron chi connectivity index (χ4n) is 2.03. The van der Waals surface area contributed by atoms with Crippen LogP contribution in [0.2, 0.25) is 0 Å². The molecule has 0 spiro atoms. The SMILES string of the molecule is CCC(Nc1nnn(Cc2ccccc2)n1)C(N)C(=O)OC. The van der Waals surface area contributed by atoms with Crippen molar-refractivity contribution in [1.82, 2.24) is 20.2 Å². The van der Waals surface area contributed by atoms with Crippen molar-refractivity contribution >= 4 is 11.9 Å². The van der Waals surface area contributed by atoms with Gasteiger partial charge in [-0.2, -0.15) is 4.80 Å². The number of nitrogens with one attached hydrogen (secondary N) is 1. The number of hydrogen-bond acceptors (Lipinski definition) is 7. The Hall–Kier alpha value is -2.48. The maximum absolute atomic E-state index is 11.5. The van der Waals surface area contributed by atoms with Gasteiger partial charge in [-0.25, -0.2) is 0 Å². The first-order valence-corrected chi connectivity index (χ1v) is 7.05. The molecule has 1 aromatic heterocycles. The summed E-state index contributed by atoms with van der Waals surface area (Å²) >= 11 is 0. The van der Waals surface area contributed by atoms with Gasteiger partial charge in [-0.3, -0.25) is 4.79 Å². The van der Waals surface area contributed by atoms with E-state index in [4.69, 9.17) is 5.73 Å². The zero-order chi connectivity index (χ0) is 15.9. The van der Waals surface area contributed by atoms with Gasteiger partial charge < -0.3 is 15.8 Å². The second-order valence-corrected chi connectivity index (χ2v) is 4.84. The number of esters is 1. The van der Waals surface area contributed by atoms with Crippen molar-refractivity contribution in [3.63, 3.8) is 0 Å². The third-order valence-electron chi connectivity index (χ3n) is 3.28. The Kier molecular flexibility index (Phi) is 5.42. The van der Waals surface area contributed by atoms with Crippen molar-refractivity contribution in [3.8, 4) is 0 Å². The number of carbonyl (C=O) groups excluding carboxylic acids is 1. The fourth-order valence-corrected chi connectivity index (χ4v) is 2.03. The maximum atomic E-state index is 11.5. The van der Waals surface area contributed by atoms with Crippen LogP contribution in [0.15, 0.2) is 30.3 Å². The van der Waals surface area contributed by atoms with Crippen molar-refractivity contribution in [2.24, 2.45) is 5.73 Å². The predicted octanol–water partition coefficient (Wildman–Crippen LogP) is 0.412. The topological polar surface area (TPSA) is 108 Å². The molecule has 22 heavy (non-hydrogen) atoms. The zero-order valence-corrected chi connectivity index (χ0v) is 12.6. The van der Waals surface area contributed by atoms with Crippen LogP contribution < -0.4 is 11.1 Å². The van der Waals surface area contributed by atoms with E-state index in [0.29, 0.717) is 18.9 Å². The summed E-state index contributed by atoms with van der Waals surface area (Å²) in [5.41, 5.74) is 6.91. The van der Waals surface area contributed by atoms with Crippen LogP contribution >= 0.6 is 0 Å². The lowest BCUT2D eigenvalue weighted by molar-refractivity contribution is -0.142. The minimum Gasteiger partial charge on any atom is -0.468 e. The molecule has 8 heteroatoms. The van der Waals surface area contributed by atoms with Gasteiger partial charge in [0.25, 0.3) is 5.95 Å². The molecule has 2 atom stereocenters. The van der Waals surface area contributed by atoms with Gasteiger partial charge >= 0.3 is 5.97 Å². The molecule has 0 radical (unpaired) electrons. The molecule has 0 aliphatic heterocycles. The van der Waals surface area contributed by atoms with Gasteiger partial charge in [0.1, 0.15) is 6.04 Å². The molecule has 118 valence electrons. The van der Waals surface area contributed by atoms with E-state index in [1.807, 2.05) is 37.3 Å². The van der Waals surface area contributed by atoms with Crippen molar-refractivity contribution < 1.29 is 9.53 Å². The number of carbonyl (C=O) groups is 1. The van der Waals surface area contributed by atoms with Gasteiger partial charge in [-0.1, -0.05) is 42.4 Å². The molecule has 0 bridgehead atoms. The van der Waals surface area contributed by atoms with Crippen molar-refractivity contribution in [1.29, 1.82) is 0 Å². The highest BCUT2D eigenvalue weighted by Gasteiger charge is 2.25. The van der Waals surface area contributed by atoms with Crippen LogP contribution in [0.1, 0.15) is 18.9 Å². The number of rotatable bonds is 7. The van der Waals surface area contributed by atoms with Crippen LogP contribution in [0.3, 0.4) is 0 Å². The molecule has 8 nitrogen and oxygen atoms in total. The average molecular weight is 304 g/mol. The highest BCUT2D eigenvalue weighted by molar-refractivity contribution is 5.76. The number of ether oxygens (including phenoxy) is 1. The molecule has 0 amide bonds. The van der Waals surface area contributed by atoms with Crippen LogP contribution in [0.5, 0.6) is 0 Å². The van der Waals surface area contributed by atoms with Gasteiger partial charge in [0.15, 0.2) is 0 Å². The van der Waals surface area contributed by atoms with Crippen LogP contribution in [0.25, 0.3) is 0 Å². The molecule has 1 aromatic carbocycles. The third-order valence-corrected chi connectivity index (χ3v) is 3.28. The molecule has 0 saturated carbocycles. The van der Waals surface area contributed by atoms with Crippen LogP contribution in [0.4, 0.5) is 5.95 Å². The molecular weight excluding hydrogens is 284 g/mol. The first-order chi connectivity index (χ1) is 10.6. The first-order valence-electron chi connectivity index (χ1n) is 7.05. The lowest BCUT2D eigenvalue weighted by atomic mass is 10.1. The van der Waals surface area contributed by atoms with Gasteiger partial charge in [-0.05, 0) is 17.2 Å². The largest absolute Gasteiger partial charge is 0.468 e. The number of aromatic nitrogens is 4. The van der Waals surface area contributed by atoms with Gasteiger partial charge in [0.2, 0.25) is 0 Å². The lowest BCUT2D eigenvalue weighted by Gasteiger charge is -2.20. The maximum Gasteiger partial charge on any atom is 0.324 e. The minimum atomic E-state index is -0.781. The predicted molar refractivity (Wildman–Crippen MR) is 81.1 cm³/mol. The first kappa shape index (κ1) is 15.9. The van der Waals surface area contributed by atoms with Crippen LogP contribution in [-0.4, -0.2) is 45.4 Å². The Morgan fingerprint density at radius 3 is 2.77 bits per heavy atom. The van der Waals surface area contributed by atoms with Crippen LogP contribution in [0, 0.1) is 0 Å². The molecule has 1 heterocycles. The van der Waals surface area contributed by atoms with Gasteiger partial charge in [-0.15, -0.1) is 5.10 Å². The Morgan fingerprint density at radius 2 is 2.14 bits per heavy atom. The number of nitrogens with zero attached hydrogens (tertiary/aromatic N) is 4. The summed E-state index contributed by atoms with van der Waals surface area (Å²) in [7, 11) is 1.31. The molecule has 2 aromatic rings. The number of hydrogen-bond donors (Lipinski definition) is 2. The number of methoxy groups -OCH3 is 1. The standard InChI is InChI=1S/C14H20N6O2/c1-3-11(12(15)13(21)22-2)16-14-17-19-20(18-14)9-10-7-5-4-6-8-10/h4-8,11-12H,3,9,15H2,1-2H3,(H,16,18). The normalized spacial score (nSPS) is 13.4. The summed E-state index contributed by atoms with van der Waals surface area (Å²) in [6, 6.07) is 8.72. The second kappa shape index (κ2) is 7.51. The van der Waals surface area contributed by atoms with E-state index in [0.717, 1.165) is 5.56 Å².